The van der Waals surface area contributed by atoms with Gasteiger partial charge in [0.1, 0.15) is 11.6 Å². The maximum atomic E-state index is 14.2. The molecule has 1 aliphatic heterocycles. The smallest absolute Gasteiger partial charge is 0.266 e. The standard InChI is InChI=1S/C26H19Cl2FN2O3S/c1-16-5-14-21(29)15-22(16)35(33,34)31-23-3-2-4-24(32)30(23)25(17-6-10-19(27)11-7-17)26(31)18-8-12-20(28)13-9-18/h2-15,25-26H,1H3/t25-,26+/m1/s1. The second-order valence-electron chi connectivity index (χ2n) is 8.30. The number of hydrogen-bond donors (Lipinski definition) is 0. The molecule has 2 atom stereocenters. The van der Waals surface area contributed by atoms with E-state index in [2.05, 4.69) is 0 Å². The number of anilines is 1. The highest BCUT2D eigenvalue weighted by Gasteiger charge is 2.47. The average molecular weight is 529 g/mol. The first-order chi connectivity index (χ1) is 16.7. The predicted molar refractivity (Wildman–Crippen MR) is 135 cm³/mol. The van der Waals surface area contributed by atoms with E-state index < -0.39 is 27.9 Å². The maximum absolute atomic E-state index is 14.2. The molecule has 0 amide bonds. The summed E-state index contributed by atoms with van der Waals surface area (Å²) in [7, 11) is -4.30. The van der Waals surface area contributed by atoms with E-state index >= 15 is 0 Å². The summed E-state index contributed by atoms with van der Waals surface area (Å²) >= 11 is 12.2. The third-order valence-electron chi connectivity index (χ3n) is 6.13. The zero-order valence-electron chi connectivity index (χ0n) is 18.4. The van der Waals surface area contributed by atoms with Crippen molar-refractivity contribution in [3.05, 3.63) is 128 Å². The molecular weight excluding hydrogens is 510 g/mol. The Kier molecular flexibility index (Phi) is 5.95. The SMILES string of the molecule is Cc1ccc(F)cc1S(=O)(=O)N1c2cccc(=O)n2[C@H](c2ccc(Cl)cc2)[C@@H]1c1ccc(Cl)cc1. The number of benzene rings is 3. The summed E-state index contributed by atoms with van der Waals surface area (Å²) in [6.45, 7) is 1.61. The molecule has 2 heterocycles. The van der Waals surface area contributed by atoms with Gasteiger partial charge in [0.25, 0.3) is 15.6 Å². The molecule has 4 aromatic rings. The molecule has 0 N–H and O–H groups in total. The Morgan fingerprint density at radius 1 is 0.800 bits per heavy atom. The van der Waals surface area contributed by atoms with E-state index in [1.54, 1.807) is 61.5 Å². The number of fused-ring (bicyclic) bond motifs is 1. The number of rotatable bonds is 4. The van der Waals surface area contributed by atoms with Crippen molar-refractivity contribution < 1.29 is 12.8 Å². The van der Waals surface area contributed by atoms with E-state index in [1.807, 2.05) is 0 Å². The number of pyridine rings is 1. The Labute approximate surface area is 212 Å². The van der Waals surface area contributed by atoms with Crippen molar-refractivity contribution in [2.24, 2.45) is 0 Å². The van der Waals surface area contributed by atoms with Crippen molar-refractivity contribution in [1.29, 1.82) is 0 Å². The first-order valence-corrected chi connectivity index (χ1v) is 12.9. The number of sulfonamides is 1. The largest absolute Gasteiger partial charge is 0.284 e. The van der Waals surface area contributed by atoms with Gasteiger partial charge in [-0.05, 0) is 66.1 Å². The van der Waals surface area contributed by atoms with Crippen LogP contribution in [0, 0.1) is 12.7 Å². The van der Waals surface area contributed by atoms with Crippen LogP contribution < -0.4 is 9.86 Å². The fraction of sp³-hybridized carbons (Fsp3) is 0.115. The quantitative estimate of drug-likeness (QED) is 0.319. The van der Waals surface area contributed by atoms with Crippen molar-refractivity contribution in [1.82, 2.24) is 4.57 Å². The molecule has 5 rings (SSSR count). The van der Waals surface area contributed by atoms with Crippen molar-refractivity contribution in [2.45, 2.75) is 23.9 Å². The van der Waals surface area contributed by atoms with E-state index in [9.17, 15) is 17.6 Å². The Bertz CT molecular complexity index is 1590. The molecule has 35 heavy (non-hydrogen) atoms. The molecule has 9 heteroatoms. The number of aryl methyl sites for hydroxylation is 1. The third kappa shape index (κ3) is 4.03. The Morgan fingerprint density at radius 2 is 1.37 bits per heavy atom. The van der Waals surface area contributed by atoms with Crippen LogP contribution in [0.2, 0.25) is 10.0 Å². The Balaban J connectivity index is 1.83. The van der Waals surface area contributed by atoms with Crippen molar-refractivity contribution in [3.63, 3.8) is 0 Å². The molecule has 5 nitrogen and oxygen atoms in total. The van der Waals surface area contributed by atoms with Gasteiger partial charge in [0.05, 0.1) is 17.0 Å². The van der Waals surface area contributed by atoms with Gasteiger partial charge in [-0.1, -0.05) is 59.6 Å². The van der Waals surface area contributed by atoms with Gasteiger partial charge in [-0.3, -0.25) is 9.36 Å². The van der Waals surface area contributed by atoms with Gasteiger partial charge in [-0.2, -0.15) is 0 Å². The predicted octanol–water partition coefficient (Wildman–Crippen LogP) is 6.14. The van der Waals surface area contributed by atoms with Crippen molar-refractivity contribution in [3.8, 4) is 0 Å². The van der Waals surface area contributed by atoms with Crippen LogP contribution in [0.1, 0.15) is 28.8 Å². The zero-order valence-corrected chi connectivity index (χ0v) is 20.7. The summed E-state index contributed by atoms with van der Waals surface area (Å²) in [4.78, 5) is 13.0. The second kappa shape index (κ2) is 8.82. The third-order valence-corrected chi connectivity index (χ3v) is 8.57. The Morgan fingerprint density at radius 3 is 1.97 bits per heavy atom. The van der Waals surface area contributed by atoms with Crippen LogP contribution in [0.4, 0.5) is 10.2 Å². The lowest BCUT2D eigenvalue weighted by Crippen LogP contribution is -2.34. The van der Waals surface area contributed by atoms with Crippen LogP contribution in [-0.4, -0.2) is 13.0 Å². The topological polar surface area (TPSA) is 59.4 Å². The maximum Gasteiger partial charge on any atom is 0.266 e. The second-order valence-corrected chi connectivity index (χ2v) is 11.0. The lowest BCUT2D eigenvalue weighted by molar-refractivity contribution is 0.529. The van der Waals surface area contributed by atoms with E-state index in [1.165, 1.54) is 33.1 Å². The molecule has 0 bridgehead atoms. The number of aromatic nitrogens is 1. The van der Waals surface area contributed by atoms with Gasteiger partial charge in [0, 0.05) is 16.1 Å². The number of halogens is 3. The monoisotopic (exact) mass is 528 g/mol. The lowest BCUT2D eigenvalue weighted by Gasteiger charge is -2.29. The molecule has 0 unspecified atom stereocenters. The normalized spacial score (nSPS) is 17.4. The highest BCUT2D eigenvalue weighted by atomic mass is 35.5. The summed E-state index contributed by atoms with van der Waals surface area (Å²) < 4.78 is 45.2. The first kappa shape index (κ1) is 23.6. The average Bonchev–Trinajstić information content (AvgIpc) is 3.19. The molecule has 0 radical (unpaired) electrons. The highest BCUT2D eigenvalue weighted by molar-refractivity contribution is 7.93. The molecule has 178 valence electrons. The summed E-state index contributed by atoms with van der Waals surface area (Å²) in [6, 6.07) is 20.3. The zero-order chi connectivity index (χ0) is 24.9. The highest BCUT2D eigenvalue weighted by Crippen LogP contribution is 2.49. The Hall–Kier alpha value is -3.13. The molecule has 0 spiro atoms. The van der Waals surface area contributed by atoms with Gasteiger partial charge in [0.2, 0.25) is 0 Å². The van der Waals surface area contributed by atoms with Gasteiger partial charge < -0.3 is 0 Å². The van der Waals surface area contributed by atoms with Gasteiger partial charge in [0.15, 0.2) is 0 Å². The molecule has 0 saturated carbocycles. The van der Waals surface area contributed by atoms with Crippen molar-refractivity contribution >= 4 is 39.0 Å². The van der Waals surface area contributed by atoms with E-state index in [0.717, 1.165) is 6.07 Å². The van der Waals surface area contributed by atoms with E-state index in [0.29, 0.717) is 26.7 Å². The fourth-order valence-electron chi connectivity index (χ4n) is 4.56. The van der Waals surface area contributed by atoms with Crippen LogP contribution in [0.5, 0.6) is 0 Å². The molecule has 0 saturated heterocycles. The van der Waals surface area contributed by atoms with Crippen LogP contribution in [0.3, 0.4) is 0 Å². The molecule has 0 aliphatic carbocycles. The van der Waals surface area contributed by atoms with Crippen molar-refractivity contribution in [2.75, 3.05) is 4.31 Å². The minimum atomic E-state index is -4.30. The van der Waals surface area contributed by atoms with Gasteiger partial charge >= 0.3 is 0 Å². The number of nitrogens with zero attached hydrogens (tertiary/aromatic N) is 2. The minimum Gasteiger partial charge on any atom is -0.284 e. The molecular formula is C26H19Cl2FN2O3S. The van der Waals surface area contributed by atoms with Crippen LogP contribution in [-0.2, 0) is 10.0 Å². The van der Waals surface area contributed by atoms with Gasteiger partial charge in [-0.15, -0.1) is 0 Å². The van der Waals surface area contributed by atoms with Crippen LogP contribution >= 0.6 is 23.2 Å². The van der Waals surface area contributed by atoms with Crippen LogP contribution in [0.15, 0.2) is 94.6 Å². The first-order valence-electron chi connectivity index (χ1n) is 10.7. The lowest BCUT2D eigenvalue weighted by atomic mass is 9.94. The number of hydrogen-bond acceptors (Lipinski definition) is 3. The van der Waals surface area contributed by atoms with E-state index in [4.69, 9.17) is 23.2 Å². The minimum absolute atomic E-state index is 0.170. The summed E-state index contributed by atoms with van der Waals surface area (Å²) in [5, 5.41) is 0.995. The summed E-state index contributed by atoms with van der Waals surface area (Å²) in [5.74, 6) is -0.489. The summed E-state index contributed by atoms with van der Waals surface area (Å²) in [6.07, 6.45) is 0. The molecule has 1 aliphatic rings. The molecule has 0 fully saturated rings. The van der Waals surface area contributed by atoms with Crippen LogP contribution in [0.25, 0.3) is 0 Å². The molecule has 1 aromatic heterocycles. The van der Waals surface area contributed by atoms with Gasteiger partial charge in [-0.25, -0.2) is 17.1 Å². The fourth-order valence-corrected chi connectivity index (χ4v) is 6.69. The molecule has 3 aromatic carbocycles. The summed E-state index contributed by atoms with van der Waals surface area (Å²) in [5.41, 5.74) is 1.34. The van der Waals surface area contributed by atoms with E-state index in [-0.39, 0.29) is 16.3 Å².